The quantitative estimate of drug-likeness (QED) is 0.702. The molecule has 3 rings (SSSR count). The molecule has 0 radical (unpaired) electrons. The van der Waals surface area contributed by atoms with Crippen LogP contribution < -0.4 is 20.1 Å². The molecule has 2 N–H and O–H groups in total. The number of alkyl halides is 3. The number of carbonyl (C=O) groups excluding carboxylic acids is 3. The van der Waals surface area contributed by atoms with Crippen LogP contribution in [0.4, 0.5) is 18.0 Å². The van der Waals surface area contributed by atoms with E-state index in [1.807, 2.05) is 0 Å². The first-order valence-electron chi connectivity index (χ1n) is 9.41. The van der Waals surface area contributed by atoms with Gasteiger partial charge in [0.05, 0.1) is 14.2 Å². The Morgan fingerprint density at radius 3 is 2.33 bits per heavy atom. The number of rotatable bonds is 5. The summed E-state index contributed by atoms with van der Waals surface area (Å²) in [5, 5.41) is 3.38. The van der Waals surface area contributed by atoms with Gasteiger partial charge in [0.2, 0.25) is 0 Å². The van der Waals surface area contributed by atoms with E-state index in [9.17, 15) is 27.6 Å². The smallest absolute Gasteiger partial charge is 0.440 e. The third-order valence-corrected chi connectivity index (χ3v) is 5.36. The molecule has 1 aliphatic carbocycles. The predicted molar refractivity (Wildman–Crippen MR) is 98.0 cm³/mol. The van der Waals surface area contributed by atoms with E-state index in [4.69, 9.17) is 9.47 Å². The van der Waals surface area contributed by atoms with Crippen LogP contribution >= 0.6 is 0 Å². The summed E-state index contributed by atoms with van der Waals surface area (Å²) in [6.07, 6.45) is -2.10. The van der Waals surface area contributed by atoms with Crippen molar-refractivity contribution in [1.82, 2.24) is 15.5 Å². The van der Waals surface area contributed by atoms with Gasteiger partial charge in [-0.3, -0.25) is 19.8 Å². The Kier molecular flexibility index (Phi) is 5.82. The Morgan fingerprint density at radius 2 is 1.77 bits per heavy atom. The summed E-state index contributed by atoms with van der Waals surface area (Å²) in [7, 11) is 2.67. The number of imide groups is 1. The van der Waals surface area contributed by atoms with Gasteiger partial charge in [-0.2, -0.15) is 13.2 Å². The molecule has 0 aromatic heterocycles. The van der Waals surface area contributed by atoms with E-state index in [1.54, 1.807) is 10.6 Å². The third kappa shape index (κ3) is 3.63. The molecule has 1 aliphatic heterocycles. The highest BCUT2D eigenvalue weighted by Crippen LogP contribution is 2.37. The third-order valence-electron chi connectivity index (χ3n) is 5.36. The maximum absolute atomic E-state index is 14.0. The number of nitrogens with zero attached hydrogens (tertiary/aromatic N) is 1. The molecular formula is C19H22F3N3O5. The number of benzene rings is 1. The SMILES string of the molecule is COc1ccc(C(=O)NC2(C(F)(F)F)NC(=O)N(C3CCCCC3)C2=O)cc1OC. The fourth-order valence-electron chi connectivity index (χ4n) is 3.79. The molecule has 1 saturated carbocycles. The van der Waals surface area contributed by atoms with Crippen molar-refractivity contribution < 1.29 is 37.0 Å². The van der Waals surface area contributed by atoms with E-state index < -0.39 is 35.7 Å². The van der Waals surface area contributed by atoms with Crippen molar-refractivity contribution in [3.05, 3.63) is 23.8 Å². The van der Waals surface area contributed by atoms with Crippen LogP contribution in [-0.2, 0) is 4.79 Å². The topological polar surface area (TPSA) is 97.0 Å². The van der Waals surface area contributed by atoms with Crippen molar-refractivity contribution in [2.45, 2.75) is 50.0 Å². The summed E-state index contributed by atoms with van der Waals surface area (Å²) in [6, 6.07) is 1.95. The second-order valence-electron chi connectivity index (χ2n) is 7.17. The van der Waals surface area contributed by atoms with Gasteiger partial charge in [0.1, 0.15) is 0 Å². The second-order valence-corrected chi connectivity index (χ2v) is 7.17. The molecule has 1 atom stereocenters. The Labute approximate surface area is 170 Å². The zero-order chi connectivity index (χ0) is 22.1. The maximum atomic E-state index is 14.0. The minimum atomic E-state index is -5.25. The zero-order valence-corrected chi connectivity index (χ0v) is 16.5. The second kappa shape index (κ2) is 8.04. The van der Waals surface area contributed by atoms with Crippen LogP contribution in [0.5, 0.6) is 11.5 Å². The summed E-state index contributed by atoms with van der Waals surface area (Å²) in [5.41, 5.74) is -3.74. The minimum Gasteiger partial charge on any atom is -0.493 e. The number of amides is 4. The summed E-state index contributed by atoms with van der Waals surface area (Å²) in [5.74, 6) is -2.33. The Morgan fingerprint density at radius 1 is 1.13 bits per heavy atom. The first-order valence-corrected chi connectivity index (χ1v) is 9.41. The monoisotopic (exact) mass is 429 g/mol. The van der Waals surface area contributed by atoms with Gasteiger partial charge in [0, 0.05) is 11.6 Å². The molecule has 2 aliphatic rings. The summed E-state index contributed by atoms with van der Waals surface area (Å²) >= 11 is 0. The molecule has 30 heavy (non-hydrogen) atoms. The highest BCUT2D eigenvalue weighted by atomic mass is 19.4. The fourth-order valence-corrected chi connectivity index (χ4v) is 3.79. The Balaban J connectivity index is 1.92. The number of urea groups is 1. The van der Waals surface area contributed by atoms with E-state index in [0.717, 1.165) is 6.42 Å². The largest absolute Gasteiger partial charge is 0.493 e. The number of halogens is 3. The van der Waals surface area contributed by atoms with Crippen LogP contribution in [0, 0.1) is 0 Å². The predicted octanol–water partition coefficient (Wildman–Crippen LogP) is 2.58. The van der Waals surface area contributed by atoms with Gasteiger partial charge in [-0.1, -0.05) is 19.3 Å². The number of hydrogen-bond donors (Lipinski definition) is 2. The molecule has 1 aromatic rings. The molecule has 0 bridgehead atoms. The minimum absolute atomic E-state index is 0.122. The molecule has 1 aromatic carbocycles. The van der Waals surface area contributed by atoms with E-state index in [0.29, 0.717) is 30.6 Å². The van der Waals surface area contributed by atoms with Crippen LogP contribution in [0.15, 0.2) is 18.2 Å². The molecule has 1 heterocycles. The number of carbonyl (C=O) groups is 3. The lowest BCUT2D eigenvalue weighted by molar-refractivity contribution is -0.200. The van der Waals surface area contributed by atoms with E-state index in [1.165, 1.54) is 32.4 Å². The Hall–Kier alpha value is -2.98. The number of methoxy groups -OCH3 is 2. The average molecular weight is 429 g/mol. The molecule has 2 fully saturated rings. The lowest BCUT2D eigenvalue weighted by atomic mass is 9.94. The fraction of sp³-hybridized carbons (Fsp3) is 0.526. The number of nitrogens with one attached hydrogen (secondary N) is 2. The van der Waals surface area contributed by atoms with E-state index in [-0.39, 0.29) is 17.1 Å². The van der Waals surface area contributed by atoms with Crippen LogP contribution in [0.3, 0.4) is 0 Å². The van der Waals surface area contributed by atoms with Crippen molar-refractivity contribution in [2.24, 2.45) is 0 Å². The van der Waals surface area contributed by atoms with Gasteiger partial charge in [0.15, 0.2) is 11.5 Å². The highest BCUT2D eigenvalue weighted by molar-refractivity contribution is 6.10. The molecular weight excluding hydrogens is 407 g/mol. The van der Waals surface area contributed by atoms with Crippen molar-refractivity contribution in [3.8, 4) is 11.5 Å². The summed E-state index contributed by atoms with van der Waals surface area (Å²) in [4.78, 5) is 38.4. The van der Waals surface area contributed by atoms with Gasteiger partial charge in [-0.25, -0.2) is 4.79 Å². The molecule has 0 spiro atoms. The summed E-state index contributed by atoms with van der Waals surface area (Å²) < 4.78 is 52.1. The number of hydrogen-bond acceptors (Lipinski definition) is 5. The van der Waals surface area contributed by atoms with E-state index >= 15 is 0 Å². The summed E-state index contributed by atoms with van der Waals surface area (Å²) in [6.45, 7) is 0. The normalized spacial score (nSPS) is 22.6. The lowest BCUT2D eigenvalue weighted by Gasteiger charge is -2.32. The van der Waals surface area contributed by atoms with Crippen LogP contribution in [0.1, 0.15) is 42.5 Å². The van der Waals surface area contributed by atoms with Crippen LogP contribution in [0.2, 0.25) is 0 Å². The Bertz CT molecular complexity index is 854. The molecule has 11 heteroatoms. The molecule has 164 valence electrons. The standard InChI is InChI=1S/C19H22F3N3O5/c1-29-13-9-8-11(10-14(13)30-2)15(26)23-18(19(20,21)22)16(27)25(17(28)24-18)12-6-4-3-5-7-12/h8-10,12H,3-7H2,1-2H3,(H,23,26)(H,24,28). The highest BCUT2D eigenvalue weighted by Gasteiger charge is 2.69. The molecule has 8 nitrogen and oxygen atoms in total. The number of ether oxygens (including phenoxy) is 2. The van der Waals surface area contributed by atoms with Crippen molar-refractivity contribution in [3.63, 3.8) is 0 Å². The first-order chi connectivity index (χ1) is 14.1. The lowest BCUT2D eigenvalue weighted by Crippen LogP contribution is -2.69. The molecule has 4 amide bonds. The van der Waals surface area contributed by atoms with E-state index in [2.05, 4.69) is 0 Å². The van der Waals surface area contributed by atoms with Crippen LogP contribution in [0.25, 0.3) is 0 Å². The van der Waals surface area contributed by atoms with Crippen molar-refractivity contribution in [1.29, 1.82) is 0 Å². The van der Waals surface area contributed by atoms with Gasteiger partial charge < -0.3 is 14.8 Å². The van der Waals surface area contributed by atoms with Crippen molar-refractivity contribution >= 4 is 17.8 Å². The van der Waals surface area contributed by atoms with Gasteiger partial charge in [0.25, 0.3) is 17.5 Å². The maximum Gasteiger partial charge on any atom is 0.440 e. The van der Waals surface area contributed by atoms with Crippen molar-refractivity contribution in [2.75, 3.05) is 14.2 Å². The van der Waals surface area contributed by atoms with Gasteiger partial charge in [-0.15, -0.1) is 0 Å². The zero-order valence-electron chi connectivity index (χ0n) is 16.5. The van der Waals surface area contributed by atoms with Gasteiger partial charge in [-0.05, 0) is 31.0 Å². The van der Waals surface area contributed by atoms with Gasteiger partial charge >= 0.3 is 12.2 Å². The van der Waals surface area contributed by atoms with Crippen LogP contribution in [-0.4, -0.2) is 54.8 Å². The average Bonchev–Trinajstić information content (AvgIpc) is 2.98. The first kappa shape index (κ1) is 21.7. The molecule has 1 unspecified atom stereocenters. The molecule has 1 saturated heterocycles.